The summed E-state index contributed by atoms with van der Waals surface area (Å²) in [6.07, 6.45) is 5.88. The van der Waals surface area contributed by atoms with E-state index in [1.807, 2.05) is 16.8 Å². The first-order valence-corrected chi connectivity index (χ1v) is 8.33. The normalized spacial score (nSPS) is 14.4. The Kier molecular flexibility index (Phi) is 3.27. The fourth-order valence-corrected chi connectivity index (χ4v) is 3.19. The molecule has 4 aromatic rings. The van der Waals surface area contributed by atoms with Crippen LogP contribution in [0.15, 0.2) is 30.9 Å². The van der Waals surface area contributed by atoms with E-state index in [1.165, 1.54) is 0 Å². The van der Waals surface area contributed by atoms with Crippen LogP contribution in [0, 0.1) is 0 Å². The molecule has 4 aromatic heterocycles. The van der Waals surface area contributed by atoms with E-state index in [0.29, 0.717) is 18.0 Å². The van der Waals surface area contributed by atoms with Crippen LogP contribution in [0.25, 0.3) is 22.6 Å². The number of aromatic amines is 1. The molecule has 10 heteroatoms. The van der Waals surface area contributed by atoms with Gasteiger partial charge >= 0.3 is 0 Å². The largest absolute Gasteiger partial charge is 0.368 e. The van der Waals surface area contributed by atoms with Gasteiger partial charge in [0.2, 0.25) is 5.95 Å². The predicted molar refractivity (Wildman–Crippen MR) is 95.3 cm³/mol. The van der Waals surface area contributed by atoms with Gasteiger partial charge < -0.3 is 15.6 Å². The van der Waals surface area contributed by atoms with E-state index in [9.17, 15) is 0 Å². The minimum Gasteiger partial charge on any atom is -0.368 e. The zero-order valence-electron chi connectivity index (χ0n) is 13.9. The van der Waals surface area contributed by atoms with Crippen LogP contribution in [0.1, 0.15) is 5.82 Å². The van der Waals surface area contributed by atoms with Gasteiger partial charge in [-0.2, -0.15) is 15.1 Å². The summed E-state index contributed by atoms with van der Waals surface area (Å²) in [5.74, 6) is 2.65. The van der Waals surface area contributed by atoms with E-state index in [1.54, 1.807) is 18.7 Å². The number of nitrogens with one attached hydrogen (secondary N) is 1. The first-order valence-electron chi connectivity index (χ1n) is 8.33. The molecule has 0 spiro atoms. The Balaban J connectivity index is 1.44. The summed E-state index contributed by atoms with van der Waals surface area (Å²) in [7, 11) is 0. The maximum absolute atomic E-state index is 5.84. The molecule has 5 rings (SSSR count). The van der Waals surface area contributed by atoms with Gasteiger partial charge in [-0.1, -0.05) is 0 Å². The molecule has 0 atom stereocenters. The Hall–Kier alpha value is -3.56. The van der Waals surface area contributed by atoms with Crippen LogP contribution in [0.2, 0.25) is 0 Å². The number of nitrogen functional groups attached to an aromatic ring is 1. The van der Waals surface area contributed by atoms with Crippen molar-refractivity contribution in [1.82, 2.24) is 39.7 Å². The summed E-state index contributed by atoms with van der Waals surface area (Å²) in [5.41, 5.74) is 8.13. The number of nitrogens with zero attached hydrogens (tertiary/aromatic N) is 8. The average Bonchev–Trinajstić information content (AvgIpc) is 3.24. The average molecular weight is 348 g/mol. The number of hydrogen-bond acceptors (Lipinski definition) is 8. The first-order chi connectivity index (χ1) is 12.8. The molecule has 0 radical (unpaired) electrons. The number of rotatable bonds is 2. The predicted octanol–water partition coefficient (Wildman–Crippen LogP) is 0.651. The van der Waals surface area contributed by atoms with Crippen molar-refractivity contribution in [3.05, 3.63) is 36.7 Å². The molecular weight excluding hydrogens is 332 g/mol. The Bertz CT molecular complexity index is 1040. The topological polar surface area (TPSA) is 127 Å². The fraction of sp³-hybridized carbons (Fsp3) is 0.250. The van der Waals surface area contributed by atoms with Crippen molar-refractivity contribution in [3.8, 4) is 11.4 Å². The van der Waals surface area contributed by atoms with Crippen LogP contribution in [0.4, 0.5) is 11.8 Å². The highest BCUT2D eigenvalue weighted by Gasteiger charge is 2.21. The number of hydrogen-bond donors (Lipinski definition) is 2. The van der Waals surface area contributed by atoms with Gasteiger partial charge in [0.25, 0.3) is 0 Å². The third-order valence-corrected chi connectivity index (χ3v) is 4.44. The summed E-state index contributed by atoms with van der Waals surface area (Å²) in [5, 5.41) is 4.64. The Morgan fingerprint density at radius 2 is 2.08 bits per heavy atom. The number of imidazole rings is 1. The smallest absolute Gasteiger partial charge is 0.224 e. The van der Waals surface area contributed by atoms with E-state index in [-0.39, 0.29) is 5.95 Å². The molecule has 0 amide bonds. The highest BCUT2D eigenvalue weighted by Crippen LogP contribution is 2.24. The van der Waals surface area contributed by atoms with Crippen molar-refractivity contribution < 1.29 is 0 Å². The van der Waals surface area contributed by atoms with Crippen LogP contribution in [0.3, 0.4) is 0 Å². The van der Waals surface area contributed by atoms with Gasteiger partial charge in [0, 0.05) is 37.5 Å². The van der Waals surface area contributed by atoms with Gasteiger partial charge in [-0.15, -0.1) is 0 Å². The second-order valence-corrected chi connectivity index (χ2v) is 6.06. The number of pyridine rings is 1. The van der Waals surface area contributed by atoms with Crippen LogP contribution in [0.5, 0.6) is 0 Å². The first kappa shape index (κ1) is 14.8. The lowest BCUT2D eigenvalue weighted by atomic mass is 10.3. The monoisotopic (exact) mass is 348 g/mol. The van der Waals surface area contributed by atoms with Crippen molar-refractivity contribution in [2.24, 2.45) is 0 Å². The lowest BCUT2D eigenvalue weighted by Crippen LogP contribution is -2.28. The Morgan fingerprint density at radius 1 is 1.12 bits per heavy atom. The lowest BCUT2D eigenvalue weighted by molar-refractivity contribution is 0.610. The Labute approximate surface area is 148 Å². The summed E-state index contributed by atoms with van der Waals surface area (Å²) in [6, 6.07) is 3.85. The second kappa shape index (κ2) is 5.76. The minimum absolute atomic E-state index is 0.221. The quantitative estimate of drug-likeness (QED) is 0.540. The van der Waals surface area contributed by atoms with Gasteiger partial charge in [0.1, 0.15) is 11.3 Å². The zero-order chi connectivity index (χ0) is 17.5. The highest BCUT2D eigenvalue weighted by molar-refractivity contribution is 5.84. The molecule has 0 aliphatic carbocycles. The van der Waals surface area contributed by atoms with Gasteiger partial charge in [0.15, 0.2) is 17.3 Å². The second-order valence-electron chi connectivity index (χ2n) is 6.06. The third-order valence-electron chi connectivity index (χ3n) is 4.44. The van der Waals surface area contributed by atoms with Crippen molar-refractivity contribution in [3.63, 3.8) is 0 Å². The van der Waals surface area contributed by atoms with Crippen molar-refractivity contribution >= 4 is 22.9 Å². The lowest BCUT2D eigenvalue weighted by Gasteiger charge is -2.21. The van der Waals surface area contributed by atoms with E-state index in [0.717, 1.165) is 42.2 Å². The third kappa shape index (κ3) is 2.42. The summed E-state index contributed by atoms with van der Waals surface area (Å²) < 4.78 is 1.96. The van der Waals surface area contributed by atoms with E-state index in [4.69, 9.17) is 5.73 Å². The van der Waals surface area contributed by atoms with Crippen molar-refractivity contribution in [1.29, 1.82) is 0 Å². The van der Waals surface area contributed by atoms with Gasteiger partial charge in [-0.3, -0.25) is 4.98 Å². The van der Waals surface area contributed by atoms with Crippen LogP contribution < -0.4 is 10.6 Å². The molecule has 0 saturated heterocycles. The van der Waals surface area contributed by atoms with Crippen molar-refractivity contribution in [2.75, 3.05) is 23.7 Å². The maximum Gasteiger partial charge on any atom is 0.224 e. The highest BCUT2D eigenvalue weighted by atomic mass is 15.4. The molecule has 1 aliphatic rings. The number of anilines is 2. The van der Waals surface area contributed by atoms with E-state index >= 15 is 0 Å². The molecule has 0 aromatic carbocycles. The molecule has 130 valence electrons. The molecule has 3 N–H and O–H groups in total. The van der Waals surface area contributed by atoms with Crippen LogP contribution in [-0.4, -0.2) is 52.8 Å². The number of fused-ring (bicyclic) bond motifs is 2. The van der Waals surface area contributed by atoms with E-state index < -0.39 is 0 Å². The maximum atomic E-state index is 5.84. The molecule has 26 heavy (non-hydrogen) atoms. The molecule has 1 aliphatic heterocycles. The minimum atomic E-state index is 0.221. The molecular formula is C16H16N10. The summed E-state index contributed by atoms with van der Waals surface area (Å²) in [4.78, 5) is 26.8. The summed E-state index contributed by atoms with van der Waals surface area (Å²) >= 11 is 0. The molecule has 0 unspecified atom stereocenters. The van der Waals surface area contributed by atoms with Crippen LogP contribution >= 0.6 is 0 Å². The molecule has 0 saturated carbocycles. The Morgan fingerprint density at radius 3 is 2.96 bits per heavy atom. The summed E-state index contributed by atoms with van der Waals surface area (Å²) in [6.45, 7) is 2.21. The molecule has 0 fully saturated rings. The van der Waals surface area contributed by atoms with E-state index in [2.05, 4.69) is 39.9 Å². The molecule has 5 heterocycles. The molecule has 0 bridgehead atoms. The van der Waals surface area contributed by atoms with Crippen LogP contribution in [-0.2, 0) is 13.0 Å². The van der Waals surface area contributed by atoms with Gasteiger partial charge in [-0.25, -0.2) is 14.6 Å². The standard InChI is InChI=1S/C16H16N10/c17-16-22-14-12(19-9-20-14)15(23-16)25-5-3-11-21-13(24-26(11)7-6-25)10-2-1-4-18-8-10/h1-2,4,8-9H,3,5-7H2,(H3,17,19,20,22,23). The van der Waals surface area contributed by atoms with Crippen molar-refractivity contribution in [2.45, 2.75) is 13.0 Å². The van der Waals surface area contributed by atoms with Gasteiger partial charge in [-0.05, 0) is 12.1 Å². The SMILES string of the molecule is Nc1nc(N2CCc3nc(-c4cccnc4)nn3CC2)c2[nH]cnc2n1. The molecule has 10 nitrogen and oxygen atoms in total. The number of aromatic nitrogens is 8. The fourth-order valence-electron chi connectivity index (χ4n) is 3.19. The number of H-pyrrole nitrogens is 1. The zero-order valence-corrected chi connectivity index (χ0v) is 13.9. The van der Waals surface area contributed by atoms with Gasteiger partial charge in [0.05, 0.1) is 12.9 Å². The number of nitrogens with two attached hydrogens (primary N) is 1.